The van der Waals surface area contributed by atoms with Crippen molar-refractivity contribution in [1.82, 2.24) is 20.2 Å². The van der Waals surface area contributed by atoms with Crippen LogP contribution in [0.25, 0.3) is 0 Å². The topological polar surface area (TPSA) is 58.1 Å². The number of rotatable bonds is 5. The number of likely N-dealkylation sites (tertiary alicyclic amines) is 1. The summed E-state index contributed by atoms with van der Waals surface area (Å²) in [7, 11) is 0. The van der Waals surface area contributed by atoms with Crippen LogP contribution in [0.4, 0.5) is 0 Å². The number of hydrogen-bond acceptors (Lipinski definition) is 5. The van der Waals surface area contributed by atoms with E-state index in [1.165, 1.54) is 22.9 Å². The van der Waals surface area contributed by atoms with Crippen LogP contribution in [0, 0.1) is 0 Å². The van der Waals surface area contributed by atoms with E-state index in [0.717, 1.165) is 38.8 Å². The van der Waals surface area contributed by atoms with Crippen molar-refractivity contribution >= 4 is 17.7 Å². The zero-order valence-electron chi connectivity index (χ0n) is 14.8. The Balaban J connectivity index is 1.27. The Morgan fingerprint density at radius 3 is 2.62 bits per heavy atom. The van der Waals surface area contributed by atoms with Gasteiger partial charge < -0.3 is 5.32 Å². The summed E-state index contributed by atoms with van der Waals surface area (Å²) in [6.07, 6.45) is 7.88. The number of nitrogens with one attached hydrogen (secondary N) is 1. The maximum absolute atomic E-state index is 12.3. The molecule has 0 bridgehead atoms. The van der Waals surface area contributed by atoms with Crippen molar-refractivity contribution in [2.75, 3.05) is 18.8 Å². The number of thioether (sulfide) groups is 1. The van der Waals surface area contributed by atoms with Crippen LogP contribution in [0.15, 0.2) is 47.9 Å². The van der Waals surface area contributed by atoms with Crippen molar-refractivity contribution < 1.29 is 4.79 Å². The fourth-order valence-corrected chi connectivity index (χ4v) is 4.62. The van der Waals surface area contributed by atoms with Gasteiger partial charge in [0.1, 0.15) is 0 Å². The van der Waals surface area contributed by atoms with Gasteiger partial charge in [-0.2, -0.15) is 0 Å². The molecule has 6 heteroatoms. The number of nitrogens with zero attached hydrogens (tertiary/aromatic N) is 3. The number of carbonyl (C=O) groups excluding carboxylic acids is 1. The highest BCUT2D eigenvalue weighted by Gasteiger charge is 2.30. The van der Waals surface area contributed by atoms with Gasteiger partial charge in [0.25, 0.3) is 0 Å². The fourth-order valence-electron chi connectivity index (χ4n) is 4.01. The molecule has 0 radical (unpaired) electrons. The minimum absolute atomic E-state index is 0.0732. The number of fused-ring (bicyclic) bond motifs is 1. The molecule has 4 rings (SSSR count). The van der Waals surface area contributed by atoms with Gasteiger partial charge in [-0.3, -0.25) is 9.69 Å². The Hall–Kier alpha value is -1.92. The van der Waals surface area contributed by atoms with E-state index in [-0.39, 0.29) is 11.9 Å². The van der Waals surface area contributed by atoms with Crippen molar-refractivity contribution in [3.63, 3.8) is 0 Å². The van der Waals surface area contributed by atoms with Gasteiger partial charge in [0, 0.05) is 31.0 Å². The highest BCUT2D eigenvalue weighted by molar-refractivity contribution is 7.99. The van der Waals surface area contributed by atoms with Crippen molar-refractivity contribution in [3.05, 3.63) is 53.9 Å². The average Bonchev–Trinajstić information content (AvgIpc) is 3.12. The number of carbonyl (C=O) groups is 1. The summed E-state index contributed by atoms with van der Waals surface area (Å²) in [6.45, 7) is 2.09. The molecule has 5 nitrogen and oxygen atoms in total. The highest BCUT2D eigenvalue weighted by atomic mass is 32.2. The van der Waals surface area contributed by atoms with Gasteiger partial charge in [-0.25, -0.2) is 9.97 Å². The van der Waals surface area contributed by atoms with Crippen LogP contribution in [0.5, 0.6) is 0 Å². The molecule has 1 aliphatic heterocycles. The Morgan fingerprint density at radius 2 is 1.88 bits per heavy atom. The second-order valence-corrected chi connectivity index (χ2v) is 7.99. The van der Waals surface area contributed by atoms with E-state index >= 15 is 0 Å². The molecule has 2 heterocycles. The molecule has 26 heavy (non-hydrogen) atoms. The van der Waals surface area contributed by atoms with E-state index in [4.69, 9.17) is 0 Å². The summed E-state index contributed by atoms with van der Waals surface area (Å²) in [5, 5.41) is 3.86. The summed E-state index contributed by atoms with van der Waals surface area (Å²) in [5.74, 6) is 0.444. The maximum Gasteiger partial charge on any atom is 0.230 e. The molecule has 0 saturated carbocycles. The third-order valence-electron chi connectivity index (χ3n) is 5.24. The number of piperidine rings is 1. The molecule has 1 atom stereocenters. The van der Waals surface area contributed by atoms with Crippen LogP contribution in [0.3, 0.4) is 0 Å². The molecular formula is C20H24N4OS. The summed E-state index contributed by atoms with van der Waals surface area (Å²) >= 11 is 1.39. The van der Waals surface area contributed by atoms with Crippen LogP contribution in [0.2, 0.25) is 0 Å². The molecule has 1 amide bonds. The van der Waals surface area contributed by atoms with Crippen LogP contribution in [-0.2, 0) is 17.6 Å². The third-order valence-corrected chi connectivity index (χ3v) is 6.11. The van der Waals surface area contributed by atoms with Gasteiger partial charge in [0.15, 0.2) is 5.16 Å². The first-order valence-corrected chi connectivity index (χ1v) is 10.3. The molecule has 1 aromatic carbocycles. The highest BCUT2D eigenvalue weighted by Crippen LogP contribution is 2.27. The van der Waals surface area contributed by atoms with Gasteiger partial charge in [-0.15, -0.1) is 0 Å². The molecule has 1 aromatic heterocycles. The van der Waals surface area contributed by atoms with E-state index < -0.39 is 0 Å². The Bertz CT molecular complexity index is 729. The van der Waals surface area contributed by atoms with Crippen molar-refractivity contribution in [1.29, 1.82) is 0 Å². The Morgan fingerprint density at radius 1 is 1.15 bits per heavy atom. The zero-order valence-corrected chi connectivity index (χ0v) is 15.6. The third kappa shape index (κ3) is 4.24. The Labute approximate surface area is 158 Å². The molecule has 1 saturated heterocycles. The predicted octanol–water partition coefficient (Wildman–Crippen LogP) is 2.32. The SMILES string of the molecule is O=C(CSc1ncccn1)N[C@H]1CCCN(C2Cc3ccccc3C2)C1. The van der Waals surface area contributed by atoms with Crippen LogP contribution >= 0.6 is 11.8 Å². The summed E-state index contributed by atoms with van der Waals surface area (Å²) in [4.78, 5) is 23.1. The molecular weight excluding hydrogens is 344 g/mol. The first-order chi connectivity index (χ1) is 12.8. The molecule has 0 spiro atoms. The minimum Gasteiger partial charge on any atom is -0.351 e. The molecule has 2 aliphatic rings. The minimum atomic E-state index is 0.0732. The van der Waals surface area contributed by atoms with E-state index in [9.17, 15) is 4.79 Å². The number of benzene rings is 1. The smallest absolute Gasteiger partial charge is 0.230 e. The van der Waals surface area contributed by atoms with Gasteiger partial charge in [-0.1, -0.05) is 36.0 Å². The summed E-state index contributed by atoms with van der Waals surface area (Å²) in [6, 6.07) is 11.4. The zero-order chi connectivity index (χ0) is 17.8. The normalized spacial score (nSPS) is 20.7. The molecule has 0 unspecified atom stereocenters. The van der Waals surface area contributed by atoms with E-state index in [1.807, 2.05) is 0 Å². The summed E-state index contributed by atoms with van der Waals surface area (Å²) < 4.78 is 0. The van der Waals surface area contributed by atoms with Crippen molar-refractivity contribution in [2.45, 2.75) is 42.9 Å². The lowest BCUT2D eigenvalue weighted by Crippen LogP contribution is -2.51. The lowest BCUT2D eigenvalue weighted by molar-refractivity contribution is -0.119. The lowest BCUT2D eigenvalue weighted by atomic mass is 10.0. The van der Waals surface area contributed by atoms with Crippen molar-refractivity contribution in [2.24, 2.45) is 0 Å². The van der Waals surface area contributed by atoms with E-state index in [2.05, 4.69) is 44.5 Å². The largest absolute Gasteiger partial charge is 0.351 e. The van der Waals surface area contributed by atoms with E-state index in [0.29, 0.717) is 17.0 Å². The molecule has 136 valence electrons. The first kappa shape index (κ1) is 17.5. The van der Waals surface area contributed by atoms with Crippen LogP contribution < -0.4 is 5.32 Å². The number of amides is 1. The molecule has 1 fully saturated rings. The quantitative estimate of drug-likeness (QED) is 0.648. The fraction of sp³-hybridized carbons (Fsp3) is 0.450. The predicted molar refractivity (Wildman–Crippen MR) is 103 cm³/mol. The second-order valence-electron chi connectivity index (χ2n) is 7.05. The van der Waals surface area contributed by atoms with Gasteiger partial charge in [0.2, 0.25) is 5.91 Å². The first-order valence-electron chi connectivity index (χ1n) is 9.28. The lowest BCUT2D eigenvalue weighted by Gasteiger charge is -2.37. The molecule has 1 aliphatic carbocycles. The van der Waals surface area contributed by atoms with Crippen LogP contribution in [-0.4, -0.2) is 51.7 Å². The van der Waals surface area contributed by atoms with Gasteiger partial charge in [0.05, 0.1) is 5.75 Å². The van der Waals surface area contributed by atoms with E-state index in [1.54, 1.807) is 18.5 Å². The Kier molecular flexibility index (Phi) is 5.51. The monoisotopic (exact) mass is 368 g/mol. The van der Waals surface area contributed by atoms with Gasteiger partial charge >= 0.3 is 0 Å². The second kappa shape index (κ2) is 8.18. The van der Waals surface area contributed by atoms with Gasteiger partial charge in [-0.05, 0) is 49.4 Å². The standard InChI is InChI=1S/C20H24N4OS/c25-19(14-26-20-21-8-4-9-22-20)23-17-7-3-10-24(13-17)18-11-15-5-1-2-6-16(15)12-18/h1-2,4-6,8-9,17-18H,3,7,10-14H2,(H,23,25)/t17-/m0/s1. The number of aromatic nitrogens is 2. The summed E-state index contributed by atoms with van der Waals surface area (Å²) in [5.41, 5.74) is 2.98. The number of hydrogen-bond donors (Lipinski definition) is 1. The van der Waals surface area contributed by atoms with Crippen LogP contribution in [0.1, 0.15) is 24.0 Å². The van der Waals surface area contributed by atoms with Crippen molar-refractivity contribution in [3.8, 4) is 0 Å². The average molecular weight is 369 g/mol. The maximum atomic E-state index is 12.3. The molecule has 1 N–H and O–H groups in total. The molecule has 2 aromatic rings.